The molecule has 4 rings (SSSR count). The Morgan fingerprint density at radius 2 is 1.78 bits per heavy atom. The molecule has 1 aliphatic rings. The van der Waals surface area contributed by atoms with Crippen molar-refractivity contribution in [3.8, 4) is 11.4 Å². The lowest BCUT2D eigenvalue weighted by Crippen LogP contribution is -2.17. The summed E-state index contributed by atoms with van der Waals surface area (Å²) < 4.78 is 7.75. The molecule has 3 aromatic rings. The highest BCUT2D eigenvalue weighted by Crippen LogP contribution is 2.26. The van der Waals surface area contributed by atoms with Crippen molar-refractivity contribution in [1.82, 2.24) is 9.88 Å². The van der Waals surface area contributed by atoms with E-state index in [1.165, 1.54) is 0 Å². The second kappa shape index (κ2) is 7.55. The predicted octanol–water partition coefficient (Wildman–Crippen LogP) is 4.38. The molecule has 134 valence electrons. The molecule has 0 bridgehead atoms. The molecule has 2 aromatic carbocycles. The number of rotatable bonds is 5. The molecule has 6 heteroatoms. The van der Waals surface area contributed by atoms with E-state index in [4.69, 9.17) is 4.74 Å². The molecule has 1 aliphatic heterocycles. The summed E-state index contributed by atoms with van der Waals surface area (Å²) in [6.45, 7) is 0.528. The van der Waals surface area contributed by atoms with E-state index in [0.29, 0.717) is 11.5 Å². The second-order valence-corrected chi connectivity index (χ2v) is 6.99. The summed E-state index contributed by atoms with van der Waals surface area (Å²) in [5, 5.41) is 1.92. The molecule has 0 saturated carbocycles. The minimum Gasteiger partial charge on any atom is -0.489 e. The number of amides is 2. The van der Waals surface area contributed by atoms with Crippen LogP contribution in [0, 0.1) is 0 Å². The minimum atomic E-state index is -0.349. The molecule has 0 spiro atoms. The Morgan fingerprint density at radius 3 is 2.48 bits per heavy atom. The monoisotopic (exact) mass is 376 g/mol. The molecule has 0 radical (unpaired) electrons. The van der Waals surface area contributed by atoms with Gasteiger partial charge in [-0.1, -0.05) is 30.3 Å². The molecular formula is C21H16N2O3S. The van der Waals surface area contributed by atoms with Gasteiger partial charge < -0.3 is 9.30 Å². The Kier molecular flexibility index (Phi) is 4.80. The van der Waals surface area contributed by atoms with Gasteiger partial charge in [-0.15, -0.1) is 0 Å². The fourth-order valence-corrected chi connectivity index (χ4v) is 3.37. The SMILES string of the molecule is O=C1NC(=O)C(=Cc2ccn(-c3ccc(OCc4ccccc4)cc3)c2)S1. The van der Waals surface area contributed by atoms with Crippen LogP contribution in [0.15, 0.2) is 78.0 Å². The van der Waals surface area contributed by atoms with E-state index < -0.39 is 0 Å². The van der Waals surface area contributed by atoms with Gasteiger partial charge in [0.25, 0.3) is 11.1 Å². The zero-order valence-electron chi connectivity index (χ0n) is 14.3. The van der Waals surface area contributed by atoms with E-state index in [0.717, 1.165) is 34.3 Å². The number of aromatic nitrogens is 1. The Labute approximate surface area is 160 Å². The van der Waals surface area contributed by atoms with Crippen LogP contribution in [0.1, 0.15) is 11.1 Å². The molecule has 1 aromatic heterocycles. The minimum absolute atomic E-state index is 0.336. The van der Waals surface area contributed by atoms with E-state index in [1.807, 2.05) is 77.6 Å². The standard InChI is InChI=1S/C21H16N2O3S/c24-20-19(27-21(25)22-20)12-16-10-11-23(13-16)17-6-8-18(9-7-17)26-14-15-4-2-1-3-5-15/h1-13H,14H2,(H,22,24,25). The van der Waals surface area contributed by atoms with Gasteiger partial charge in [-0.3, -0.25) is 14.9 Å². The van der Waals surface area contributed by atoms with Crippen LogP contribution in [-0.4, -0.2) is 15.7 Å². The highest BCUT2D eigenvalue weighted by atomic mass is 32.2. The molecule has 2 heterocycles. The maximum atomic E-state index is 11.6. The maximum absolute atomic E-state index is 11.6. The Balaban J connectivity index is 1.43. The normalized spacial score (nSPS) is 15.2. The number of nitrogens with one attached hydrogen (secondary N) is 1. The quantitative estimate of drug-likeness (QED) is 0.672. The summed E-state index contributed by atoms with van der Waals surface area (Å²) in [4.78, 5) is 23.3. The fraction of sp³-hybridized carbons (Fsp3) is 0.0476. The summed E-state index contributed by atoms with van der Waals surface area (Å²) in [5.41, 5.74) is 2.95. The number of hydrogen-bond acceptors (Lipinski definition) is 4. The number of ether oxygens (including phenoxy) is 1. The lowest BCUT2D eigenvalue weighted by Gasteiger charge is -2.08. The van der Waals surface area contributed by atoms with Gasteiger partial charge in [0.2, 0.25) is 0 Å². The fourth-order valence-electron chi connectivity index (χ4n) is 2.69. The first-order valence-corrected chi connectivity index (χ1v) is 9.19. The Hall–Kier alpha value is -3.25. The van der Waals surface area contributed by atoms with Crippen LogP contribution in [0.4, 0.5) is 4.79 Å². The molecular weight excluding hydrogens is 360 g/mol. The molecule has 0 atom stereocenters. The molecule has 0 aliphatic carbocycles. The molecule has 1 N–H and O–H groups in total. The summed E-state index contributed by atoms with van der Waals surface area (Å²) in [5.74, 6) is 0.451. The summed E-state index contributed by atoms with van der Waals surface area (Å²) in [7, 11) is 0. The van der Waals surface area contributed by atoms with Gasteiger partial charge in [0.15, 0.2) is 0 Å². The first kappa shape index (κ1) is 17.2. The lowest BCUT2D eigenvalue weighted by atomic mass is 10.2. The van der Waals surface area contributed by atoms with Crippen LogP contribution < -0.4 is 10.1 Å². The third-order valence-corrected chi connectivity index (χ3v) is 4.85. The van der Waals surface area contributed by atoms with E-state index >= 15 is 0 Å². The number of thioether (sulfide) groups is 1. The van der Waals surface area contributed by atoms with Crippen molar-refractivity contribution in [2.45, 2.75) is 6.61 Å². The highest BCUT2D eigenvalue weighted by molar-refractivity contribution is 8.18. The maximum Gasteiger partial charge on any atom is 0.290 e. The van der Waals surface area contributed by atoms with E-state index in [-0.39, 0.29) is 11.1 Å². The van der Waals surface area contributed by atoms with Crippen LogP contribution in [0.3, 0.4) is 0 Å². The van der Waals surface area contributed by atoms with Gasteiger partial charge in [-0.05, 0) is 59.3 Å². The number of benzene rings is 2. The largest absolute Gasteiger partial charge is 0.489 e. The number of hydrogen-bond donors (Lipinski definition) is 1. The van der Waals surface area contributed by atoms with Crippen molar-refractivity contribution >= 4 is 29.0 Å². The zero-order valence-corrected chi connectivity index (χ0v) is 15.1. The van der Waals surface area contributed by atoms with Crippen LogP contribution in [0.25, 0.3) is 11.8 Å². The first-order chi connectivity index (χ1) is 13.2. The zero-order chi connectivity index (χ0) is 18.6. The van der Waals surface area contributed by atoms with Crippen molar-refractivity contribution < 1.29 is 14.3 Å². The lowest BCUT2D eigenvalue weighted by molar-refractivity contribution is -0.115. The van der Waals surface area contributed by atoms with Crippen molar-refractivity contribution in [1.29, 1.82) is 0 Å². The van der Waals surface area contributed by atoms with Crippen LogP contribution >= 0.6 is 11.8 Å². The van der Waals surface area contributed by atoms with E-state index in [9.17, 15) is 9.59 Å². The average Bonchev–Trinajstić information content (AvgIpc) is 3.28. The van der Waals surface area contributed by atoms with E-state index in [1.54, 1.807) is 6.08 Å². The number of nitrogens with zero attached hydrogens (tertiary/aromatic N) is 1. The Bertz CT molecular complexity index is 1010. The molecule has 5 nitrogen and oxygen atoms in total. The van der Waals surface area contributed by atoms with Gasteiger partial charge in [-0.25, -0.2) is 0 Å². The van der Waals surface area contributed by atoms with Gasteiger partial charge in [0.1, 0.15) is 12.4 Å². The van der Waals surface area contributed by atoms with Crippen molar-refractivity contribution in [2.24, 2.45) is 0 Å². The second-order valence-electron chi connectivity index (χ2n) is 5.97. The Morgan fingerprint density at radius 1 is 1.00 bits per heavy atom. The van der Waals surface area contributed by atoms with Crippen molar-refractivity contribution in [3.05, 3.63) is 89.1 Å². The van der Waals surface area contributed by atoms with Gasteiger partial charge in [-0.2, -0.15) is 0 Å². The smallest absolute Gasteiger partial charge is 0.290 e. The third-order valence-electron chi connectivity index (χ3n) is 4.04. The first-order valence-electron chi connectivity index (χ1n) is 8.37. The van der Waals surface area contributed by atoms with Crippen molar-refractivity contribution in [2.75, 3.05) is 0 Å². The predicted molar refractivity (Wildman–Crippen MR) is 106 cm³/mol. The van der Waals surface area contributed by atoms with Crippen LogP contribution in [0.5, 0.6) is 5.75 Å². The topological polar surface area (TPSA) is 60.3 Å². The third kappa shape index (κ3) is 4.12. The molecule has 1 fully saturated rings. The number of carbonyl (C=O) groups is 2. The highest BCUT2D eigenvalue weighted by Gasteiger charge is 2.24. The molecule has 2 amide bonds. The van der Waals surface area contributed by atoms with Gasteiger partial charge in [0.05, 0.1) is 4.91 Å². The average molecular weight is 376 g/mol. The summed E-state index contributed by atoms with van der Waals surface area (Å²) in [6, 6.07) is 19.7. The molecule has 27 heavy (non-hydrogen) atoms. The van der Waals surface area contributed by atoms with Crippen molar-refractivity contribution in [3.63, 3.8) is 0 Å². The van der Waals surface area contributed by atoms with Gasteiger partial charge >= 0.3 is 0 Å². The van der Waals surface area contributed by atoms with Crippen LogP contribution in [0.2, 0.25) is 0 Å². The number of imide groups is 1. The molecule has 1 saturated heterocycles. The summed E-state index contributed by atoms with van der Waals surface area (Å²) >= 11 is 0.915. The van der Waals surface area contributed by atoms with Crippen LogP contribution in [-0.2, 0) is 11.4 Å². The van der Waals surface area contributed by atoms with Gasteiger partial charge in [0, 0.05) is 18.1 Å². The summed E-state index contributed by atoms with van der Waals surface area (Å²) in [6.07, 6.45) is 5.52. The molecule has 0 unspecified atom stereocenters. The number of carbonyl (C=O) groups excluding carboxylic acids is 2. The van der Waals surface area contributed by atoms with E-state index in [2.05, 4.69) is 5.32 Å².